The molecule has 1 amide bonds. The van der Waals surface area contributed by atoms with Crippen LogP contribution in [0.25, 0.3) is 0 Å². The summed E-state index contributed by atoms with van der Waals surface area (Å²) in [4.78, 5) is 26.0. The summed E-state index contributed by atoms with van der Waals surface area (Å²) in [5, 5.41) is 9.04. The molecule has 138 valence electrons. The molecule has 5 heteroatoms. The van der Waals surface area contributed by atoms with E-state index in [-0.39, 0.29) is 11.8 Å². The van der Waals surface area contributed by atoms with Crippen LogP contribution in [-0.4, -0.2) is 39.5 Å². The normalized spacial score (nSPS) is 17.3. The highest BCUT2D eigenvalue weighted by molar-refractivity contribution is 5.96. The smallest absolute Gasteiger partial charge is 0.335 e. The number of aryl methyl sites for hydroxylation is 1. The monoisotopic (exact) mass is 354 g/mol. The topological polar surface area (TPSA) is 62.5 Å². The van der Waals surface area contributed by atoms with E-state index >= 15 is 0 Å². The van der Waals surface area contributed by atoms with Crippen LogP contribution in [0.4, 0.5) is 0 Å². The number of aromatic nitrogens is 1. The number of benzene rings is 1. The van der Waals surface area contributed by atoms with Gasteiger partial charge in [0.2, 0.25) is 0 Å². The number of aromatic carboxylic acids is 1. The summed E-state index contributed by atoms with van der Waals surface area (Å²) < 4.78 is 2.17. The van der Waals surface area contributed by atoms with Gasteiger partial charge < -0.3 is 14.6 Å². The molecule has 1 atom stereocenters. The quantitative estimate of drug-likeness (QED) is 0.907. The molecule has 1 aromatic heterocycles. The van der Waals surface area contributed by atoms with E-state index in [4.69, 9.17) is 5.11 Å². The van der Waals surface area contributed by atoms with Crippen molar-refractivity contribution < 1.29 is 14.7 Å². The van der Waals surface area contributed by atoms with Gasteiger partial charge in [-0.3, -0.25) is 4.79 Å². The lowest BCUT2D eigenvalue weighted by Gasteiger charge is -2.33. The molecule has 5 nitrogen and oxygen atoms in total. The van der Waals surface area contributed by atoms with E-state index in [9.17, 15) is 9.59 Å². The number of hydrogen-bond donors (Lipinski definition) is 1. The van der Waals surface area contributed by atoms with Crippen molar-refractivity contribution in [3.63, 3.8) is 0 Å². The van der Waals surface area contributed by atoms with Gasteiger partial charge in [0.05, 0.1) is 11.1 Å². The molecular formula is C21H26N2O3. The lowest BCUT2D eigenvalue weighted by Crippen LogP contribution is -2.39. The van der Waals surface area contributed by atoms with Crippen LogP contribution in [0.5, 0.6) is 0 Å². The van der Waals surface area contributed by atoms with Crippen LogP contribution in [0.15, 0.2) is 30.3 Å². The second kappa shape index (κ2) is 7.36. The highest BCUT2D eigenvalue weighted by Gasteiger charge is 2.27. The van der Waals surface area contributed by atoms with Crippen LogP contribution in [0.2, 0.25) is 0 Å². The molecule has 2 heterocycles. The maximum absolute atomic E-state index is 13.1. The van der Waals surface area contributed by atoms with E-state index in [2.05, 4.69) is 11.5 Å². The second-order valence-electron chi connectivity index (χ2n) is 7.05. The predicted octanol–water partition coefficient (Wildman–Crippen LogP) is 3.84. The molecule has 1 aliphatic rings. The second-order valence-corrected chi connectivity index (χ2v) is 7.05. The maximum atomic E-state index is 13.1. The lowest BCUT2D eigenvalue weighted by molar-refractivity contribution is 0.0693. The third kappa shape index (κ3) is 3.39. The van der Waals surface area contributed by atoms with Gasteiger partial charge in [0.15, 0.2) is 0 Å². The van der Waals surface area contributed by atoms with Gasteiger partial charge in [-0.15, -0.1) is 0 Å². The number of rotatable bonds is 4. The van der Waals surface area contributed by atoms with Crippen LogP contribution in [0.1, 0.15) is 63.4 Å². The number of likely N-dealkylation sites (tertiary alicyclic amines) is 1. The third-order valence-corrected chi connectivity index (χ3v) is 5.46. The van der Waals surface area contributed by atoms with E-state index < -0.39 is 5.97 Å². The minimum Gasteiger partial charge on any atom is -0.478 e. The molecule has 1 fully saturated rings. The Kier molecular flexibility index (Phi) is 5.16. The Bertz CT molecular complexity index is 821. The molecular weight excluding hydrogens is 328 g/mol. The summed E-state index contributed by atoms with van der Waals surface area (Å²) in [6, 6.07) is 9.04. The molecule has 2 aromatic rings. The Morgan fingerprint density at radius 2 is 1.88 bits per heavy atom. The van der Waals surface area contributed by atoms with Gasteiger partial charge in [-0.05, 0) is 57.4 Å². The highest BCUT2D eigenvalue weighted by atomic mass is 16.4. The largest absolute Gasteiger partial charge is 0.478 e. The fourth-order valence-electron chi connectivity index (χ4n) is 4.01. The number of carbonyl (C=O) groups is 2. The first-order valence-corrected chi connectivity index (χ1v) is 9.21. The van der Waals surface area contributed by atoms with Crippen LogP contribution in [0.3, 0.4) is 0 Å². The van der Waals surface area contributed by atoms with Gasteiger partial charge in [-0.1, -0.05) is 12.1 Å². The van der Waals surface area contributed by atoms with Crippen molar-refractivity contribution in [2.75, 3.05) is 13.1 Å². The van der Waals surface area contributed by atoms with Gasteiger partial charge in [-0.2, -0.15) is 0 Å². The zero-order chi connectivity index (χ0) is 18.8. The molecule has 0 radical (unpaired) electrons. The van der Waals surface area contributed by atoms with E-state index in [1.807, 2.05) is 36.9 Å². The average molecular weight is 354 g/mol. The van der Waals surface area contributed by atoms with Crippen LogP contribution < -0.4 is 0 Å². The van der Waals surface area contributed by atoms with E-state index in [1.54, 1.807) is 12.1 Å². The van der Waals surface area contributed by atoms with Crippen LogP contribution in [0, 0.1) is 13.8 Å². The Labute approximate surface area is 154 Å². The molecule has 0 saturated carbocycles. The van der Waals surface area contributed by atoms with Gasteiger partial charge in [0, 0.05) is 36.9 Å². The molecule has 0 spiro atoms. The fraction of sp³-hybridized carbons (Fsp3) is 0.429. The first-order valence-electron chi connectivity index (χ1n) is 9.21. The molecule has 0 aliphatic carbocycles. The number of carbonyl (C=O) groups excluding carboxylic acids is 1. The molecule has 0 unspecified atom stereocenters. The molecule has 26 heavy (non-hydrogen) atoms. The van der Waals surface area contributed by atoms with E-state index in [0.717, 1.165) is 48.4 Å². The van der Waals surface area contributed by atoms with Crippen molar-refractivity contribution >= 4 is 11.9 Å². The first kappa shape index (κ1) is 18.2. The Morgan fingerprint density at radius 3 is 2.46 bits per heavy atom. The van der Waals surface area contributed by atoms with Crippen molar-refractivity contribution in [1.29, 1.82) is 0 Å². The standard InChI is InChI=1S/C21H26N2O3/c1-4-23-14(2)12-19(15(23)3)20(24)22-11-5-6-18(13-22)16-7-9-17(10-8-16)21(25)26/h7-10,12,18H,4-6,11,13H2,1-3H3,(H,25,26)/t18-/m0/s1. The molecule has 1 N–H and O–H groups in total. The number of amides is 1. The molecule has 1 aromatic carbocycles. The Hall–Kier alpha value is -2.56. The van der Waals surface area contributed by atoms with Crippen molar-refractivity contribution in [1.82, 2.24) is 9.47 Å². The SMILES string of the molecule is CCn1c(C)cc(C(=O)N2CCC[C@H](c3ccc(C(=O)O)cc3)C2)c1C. The average Bonchev–Trinajstić information content (AvgIpc) is 2.94. The number of carboxylic acid groups (broad SMARTS) is 1. The zero-order valence-electron chi connectivity index (χ0n) is 15.7. The van der Waals surface area contributed by atoms with E-state index in [0.29, 0.717) is 12.1 Å². The summed E-state index contributed by atoms with van der Waals surface area (Å²) in [5.74, 6) is -0.557. The summed E-state index contributed by atoms with van der Waals surface area (Å²) in [7, 11) is 0. The fourth-order valence-corrected chi connectivity index (χ4v) is 4.01. The Balaban J connectivity index is 1.78. The number of piperidine rings is 1. The molecule has 1 saturated heterocycles. The van der Waals surface area contributed by atoms with Crippen LogP contribution >= 0.6 is 0 Å². The minimum absolute atomic E-state index is 0.102. The lowest BCUT2D eigenvalue weighted by atomic mass is 9.90. The van der Waals surface area contributed by atoms with Crippen molar-refractivity contribution in [2.45, 2.75) is 46.1 Å². The number of carboxylic acids is 1. The summed E-state index contributed by atoms with van der Waals surface area (Å²) >= 11 is 0. The Morgan fingerprint density at radius 1 is 1.19 bits per heavy atom. The van der Waals surface area contributed by atoms with Gasteiger partial charge in [-0.25, -0.2) is 4.79 Å². The van der Waals surface area contributed by atoms with Gasteiger partial charge in [0.1, 0.15) is 0 Å². The molecule has 1 aliphatic heterocycles. The predicted molar refractivity (Wildman–Crippen MR) is 101 cm³/mol. The summed E-state index contributed by atoms with van der Waals surface area (Å²) in [5.41, 5.74) is 4.34. The zero-order valence-corrected chi connectivity index (χ0v) is 15.7. The van der Waals surface area contributed by atoms with Gasteiger partial charge >= 0.3 is 5.97 Å². The molecule has 0 bridgehead atoms. The van der Waals surface area contributed by atoms with Gasteiger partial charge in [0.25, 0.3) is 5.91 Å². The number of hydrogen-bond acceptors (Lipinski definition) is 2. The third-order valence-electron chi connectivity index (χ3n) is 5.46. The summed E-state index contributed by atoms with van der Waals surface area (Å²) in [6.07, 6.45) is 1.98. The number of nitrogens with zero attached hydrogens (tertiary/aromatic N) is 2. The highest BCUT2D eigenvalue weighted by Crippen LogP contribution is 2.29. The summed E-state index contributed by atoms with van der Waals surface area (Å²) in [6.45, 7) is 8.46. The molecule has 3 rings (SSSR count). The van der Waals surface area contributed by atoms with Crippen molar-refractivity contribution in [3.05, 3.63) is 58.4 Å². The van der Waals surface area contributed by atoms with Crippen molar-refractivity contribution in [2.24, 2.45) is 0 Å². The van der Waals surface area contributed by atoms with Crippen LogP contribution in [-0.2, 0) is 6.54 Å². The van der Waals surface area contributed by atoms with E-state index in [1.165, 1.54) is 0 Å². The minimum atomic E-state index is -0.914. The van der Waals surface area contributed by atoms with Crippen molar-refractivity contribution in [3.8, 4) is 0 Å². The first-order chi connectivity index (χ1) is 12.4. The maximum Gasteiger partial charge on any atom is 0.335 e.